The van der Waals surface area contributed by atoms with Crippen LogP contribution in [0.25, 0.3) is 0 Å². The maximum absolute atomic E-state index is 3.60. The first-order valence-corrected chi connectivity index (χ1v) is 2.38. The second kappa shape index (κ2) is 5.74. The first-order valence-electron chi connectivity index (χ1n) is 2.38. The minimum atomic E-state index is 0. The molecular formula is C7H15. The lowest BCUT2D eigenvalue weighted by molar-refractivity contribution is 0.664. The average molecular weight is 99.2 g/mol. The fraction of sp³-hybridized carbons (Fsp3) is 0.571. The molecule has 7 heavy (non-hydrogen) atoms. The van der Waals surface area contributed by atoms with E-state index in [1.807, 2.05) is 6.08 Å². The first kappa shape index (κ1) is 9.88. The van der Waals surface area contributed by atoms with Gasteiger partial charge in [0.15, 0.2) is 0 Å². The highest BCUT2D eigenvalue weighted by Crippen LogP contribution is 1.96. The summed E-state index contributed by atoms with van der Waals surface area (Å²) in [6.45, 7) is 7.97. The van der Waals surface area contributed by atoms with Crippen molar-refractivity contribution in [2.45, 2.75) is 20.3 Å². The Labute approximate surface area is 47.2 Å². The van der Waals surface area contributed by atoms with Gasteiger partial charge in [0.1, 0.15) is 0 Å². The third kappa shape index (κ3) is 10.7. The van der Waals surface area contributed by atoms with Crippen LogP contribution in [0.3, 0.4) is 0 Å². The molecule has 0 aromatic carbocycles. The molecule has 0 saturated carbocycles. The zero-order valence-corrected chi connectivity index (χ0v) is 5.57. The average Bonchev–Trinajstić information content (AvgIpc) is 1.35. The molecule has 0 aromatic heterocycles. The van der Waals surface area contributed by atoms with E-state index in [0.717, 1.165) is 12.3 Å². The smallest absolute Gasteiger partial charge is 0.0330 e. The van der Waals surface area contributed by atoms with Gasteiger partial charge < -0.3 is 0 Å². The SMILES string of the molecule is C=CCC(C)C.[CH3]. The summed E-state index contributed by atoms with van der Waals surface area (Å²) < 4.78 is 0. The van der Waals surface area contributed by atoms with E-state index in [2.05, 4.69) is 20.4 Å². The van der Waals surface area contributed by atoms with E-state index in [9.17, 15) is 0 Å². The molecule has 0 aliphatic rings. The van der Waals surface area contributed by atoms with E-state index in [1.165, 1.54) is 0 Å². The van der Waals surface area contributed by atoms with Gasteiger partial charge in [0.05, 0.1) is 0 Å². The lowest BCUT2D eigenvalue weighted by Crippen LogP contribution is -1.78. The summed E-state index contributed by atoms with van der Waals surface area (Å²) in [5.74, 6) is 0.780. The van der Waals surface area contributed by atoms with Crippen LogP contribution < -0.4 is 0 Å². The molecule has 0 N–H and O–H groups in total. The third-order valence-corrected chi connectivity index (χ3v) is 0.638. The molecule has 0 atom stereocenters. The van der Waals surface area contributed by atoms with Crippen molar-refractivity contribution < 1.29 is 0 Å². The number of hydrogen-bond acceptors (Lipinski definition) is 0. The van der Waals surface area contributed by atoms with Crippen LogP contribution >= 0.6 is 0 Å². The normalized spacial score (nSPS) is 7.86. The monoisotopic (exact) mass is 99.1 g/mol. The fourth-order valence-electron chi connectivity index (χ4n) is 0.333. The molecule has 0 bridgehead atoms. The van der Waals surface area contributed by atoms with E-state index in [0.29, 0.717) is 0 Å². The minimum Gasteiger partial charge on any atom is -0.103 e. The molecule has 0 nitrogen and oxygen atoms in total. The fourth-order valence-corrected chi connectivity index (χ4v) is 0.333. The van der Waals surface area contributed by atoms with Crippen LogP contribution in [0.2, 0.25) is 0 Å². The van der Waals surface area contributed by atoms with Gasteiger partial charge >= 0.3 is 0 Å². The molecule has 1 radical (unpaired) electrons. The van der Waals surface area contributed by atoms with Gasteiger partial charge in [0, 0.05) is 0 Å². The van der Waals surface area contributed by atoms with Crippen LogP contribution in [0.1, 0.15) is 20.3 Å². The number of allylic oxidation sites excluding steroid dienone is 1. The molecule has 0 spiro atoms. The Hall–Kier alpha value is -0.260. The highest BCUT2D eigenvalue weighted by molar-refractivity contribution is 4.67. The molecule has 0 fully saturated rings. The highest BCUT2D eigenvalue weighted by atomic mass is 13.9. The van der Waals surface area contributed by atoms with Gasteiger partial charge in [-0.05, 0) is 12.3 Å². The summed E-state index contributed by atoms with van der Waals surface area (Å²) >= 11 is 0. The van der Waals surface area contributed by atoms with Crippen LogP contribution in [0, 0.1) is 13.3 Å². The molecule has 0 aliphatic heterocycles. The van der Waals surface area contributed by atoms with Gasteiger partial charge in [0.25, 0.3) is 0 Å². The Morgan fingerprint density at radius 2 is 2.00 bits per heavy atom. The summed E-state index contributed by atoms with van der Waals surface area (Å²) in [4.78, 5) is 0. The first-order chi connectivity index (χ1) is 2.77. The summed E-state index contributed by atoms with van der Waals surface area (Å²) in [7, 11) is 0. The summed E-state index contributed by atoms with van der Waals surface area (Å²) in [6, 6.07) is 0. The van der Waals surface area contributed by atoms with Gasteiger partial charge in [-0.25, -0.2) is 0 Å². The lowest BCUT2D eigenvalue weighted by Gasteiger charge is -1.92. The Bertz CT molecular complexity index is 35.3. The molecule has 0 unspecified atom stereocenters. The van der Waals surface area contributed by atoms with Crippen molar-refractivity contribution in [3.63, 3.8) is 0 Å². The van der Waals surface area contributed by atoms with Crippen LogP contribution in [0.4, 0.5) is 0 Å². The van der Waals surface area contributed by atoms with Crippen LogP contribution in [0.5, 0.6) is 0 Å². The molecular weight excluding hydrogens is 84.1 g/mol. The minimum absolute atomic E-state index is 0. The number of hydrogen-bond donors (Lipinski definition) is 0. The van der Waals surface area contributed by atoms with E-state index >= 15 is 0 Å². The predicted octanol–water partition coefficient (Wildman–Crippen LogP) is 2.67. The van der Waals surface area contributed by atoms with Gasteiger partial charge in [0.2, 0.25) is 0 Å². The Morgan fingerprint density at radius 3 is 2.00 bits per heavy atom. The van der Waals surface area contributed by atoms with Crippen molar-refractivity contribution in [3.05, 3.63) is 20.1 Å². The van der Waals surface area contributed by atoms with E-state index in [-0.39, 0.29) is 7.43 Å². The second-order valence-electron chi connectivity index (χ2n) is 1.92. The Kier molecular flexibility index (Phi) is 8.10. The predicted molar refractivity (Wildman–Crippen MR) is 36.1 cm³/mol. The molecule has 0 aromatic rings. The van der Waals surface area contributed by atoms with Gasteiger partial charge in [-0.2, -0.15) is 0 Å². The quantitative estimate of drug-likeness (QED) is 0.467. The molecule has 0 rings (SSSR count). The van der Waals surface area contributed by atoms with E-state index < -0.39 is 0 Å². The van der Waals surface area contributed by atoms with Gasteiger partial charge in [-0.15, -0.1) is 6.58 Å². The lowest BCUT2D eigenvalue weighted by atomic mass is 10.1. The van der Waals surface area contributed by atoms with E-state index in [4.69, 9.17) is 0 Å². The van der Waals surface area contributed by atoms with Gasteiger partial charge in [-0.1, -0.05) is 27.4 Å². The molecule has 0 heterocycles. The standard InChI is InChI=1S/C6H12.CH3/c1-4-5-6(2)3;/h4,6H,1,5H2,2-3H3;1H3. The van der Waals surface area contributed by atoms with Crippen molar-refractivity contribution in [3.8, 4) is 0 Å². The molecule has 0 heteroatoms. The largest absolute Gasteiger partial charge is 0.103 e. The third-order valence-electron chi connectivity index (χ3n) is 0.638. The van der Waals surface area contributed by atoms with Crippen molar-refractivity contribution in [1.29, 1.82) is 0 Å². The number of rotatable bonds is 2. The van der Waals surface area contributed by atoms with E-state index in [1.54, 1.807) is 0 Å². The zero-order valence-electron chi connectivity index (χ0n) is 5.57. The molecule has 0 aliphatic carbocycles. The summed E-state index contributed by atoms with van der Waals surface area (Å²) in [5, 5.41) is 0. The van der Waals surface area contributed by atoms with Crippen LogP contribution in [-0.4, -0.2) is 0 Å². The topological polar surface area (TPSA) is 0 Å². The van der Waals surface area contributed by atoms with Crippen molar-refractivity contribution in [2.24, 2.45) is 5.92 Å². The van der Waals surface area contributed by atoms with Crippen molar-refractivity contribution >= 4 is 0 Å². The van der Waals surface area contributed by atoms with Crippen molar-refractivity contribution in [1.82, 2.24) is 0 Å². The van der Waals surface area contributed by atoms with Crippen LogP contribution in [-0.2, 0) is 0 Å². The summed E-state index contributed by atoms with van der Waals surface area (Å²) in [6.07, 6.45) is 3.09. The van der Waals surface area contributed by atoms with Gasteiger partial charge in [-0.3, -0.25) is 0 Å². The maximum Gasteiger partial charge on any atom is -0.0330 e. The molecule has 0 saturated heterocycles. The zero-order chi connectivity index (χ0) is 4.99. The Morgan fingerprint density at radius 1 is 1.57 bits per heavy atom. The second-order valence-corrected chi connectivity index (χ2v) is 1.92. The molecule has 0 amide bonds. The Balaban J connectivity index is 0. The maximum atomic E-state index is 3.60. The summed E-state index contributed by atoms with van der Waals surface area (Å²) in [5.41, 5.74) is 0. The molecule has 43 valence electrons. The van der Waals surface area contributed by atoms with Crippen molar-refractivity contribution in [2.75, 3.05) is 0 Å². The van der Waals surface area contributed by atoms with Crippen LogP contribution in [0.15, 0.2) is 12.7 Å². The highest BCUT2D eigenvalue weighted by Gasteiger charge is 1.82.